The molecule has 1 aromatic rings. The molecule has 1 rings (SSSR count). The van der Waals surface area contributed by atoms with Crippen molar-refractivity contribution >= 4 is 37.0 Å². The summed E-state index contributed by atoms with van der Waals surface area (Å²) in [6.07, 6.45) is 0.542. The number of rotatable bonds is 6. The van der Waals surface area contributed by atoms with Crippen LogP contribution in [0.4, 0.5) is 0 Å². The summed E-state index contributed by atoms with van der Waals surface area (Å²) in [5.41, 5.74) is -0.195. The highest BCUT2D eigenvalue weighted by molar-refractivity contribution is 8.15. The zero-order chi connectivity index (χ0) is 14.7. The van der Waals surface area contributed by atoms with E-state index in [1.54, 1.807) is 7.11 Å². The third kappa shape index (κ3) is 5.10. The minimum absolute atomic E-state index is 0.0710. The summed E-state index contributed by atoms with van der Waals surface area (Å²) < 4.78 is 32.3. The van der Waals surface area contributed by atoms with Crippen LogP contribution in [0.3, 0.4) is 0 Å². The molecule has 8 heteroatoms. The SMILES string of the molecule is COC(C)(C)CCOC(=O)c1csc(S(=O)(=O)Cl)c1. The molecule has 0 spiro atoms. The molecule has 0 aliphatic heterocycles. The van der Waals surface area contributed by atoms with E-state index in [0.29, 0.717) is 6.42 Å². The van der Waals surface area contributed by atoms with Crippen molar-refractivity contribution in [2.75, 3.05) is 13.7 Å². The Labute approximate surface area is 120 Å². The van der Waals surface area contributed by atoms with E-state index in [4.69, 9.17) is 20.2 Å². The molecule has 0 amide bonds. The van der Waals surface area contributed by atoms with Crippen molar-refractivity contribution in [2.24, 2.45) is 0 Å². The van der Waals surface area contributed by atoms with E-state index in [2.05, 4.69) is 0 Å². The topological polar surface area (TPSA) is 69.7 Å². The highest BCUT2D eigenvalue weighted by Gasteiger charge is 2.19. The first kappa shape index (κ1) is 16.4. The van der Waals surface area contributed by atoms with E-state index < -0.39 is 15.0 Å². The standard InChI is InChI=1S/C11H15ClO5S2/c1-11(2,16-3)4-5-17-10(13)8-6-9(18-7-8)19(12,14)15/h6-7H,4-5H2,1-3H3. The minimum Gasteiger partial charge on any atom is -0.462 e. The lowest BCUT2D eigenvalue weighted by molar-refractivity contribution is -0.00562. The molecule has 0 radical (unpaired) electrons. The smallest absolute Gasteiger partial charge is 0.339 e. The van der Waals surface area contributed by atoms with E-state index in [-0.39, 0.29) is 22.0 Å². The molecule has 5 nitrogen and oxygen atoms in total. The third-order valence-corrected chi connectivity index (χ3v) is 5.58. The number of esters is 1. The van der Waals surface area contributed by atoms with Gasteiger partial charge in [0.2, 0.25) is 0 Å². The van der Waals surface area contributed by atoms with Gasteiger partial charge in [0.05, 0.1) is 17.8 Å². The van der Waals surface area contributed by atoms with E-state index in [1.165, 1.54) is 11.4 Å². The van der Waals surface area contributed by atoms with Crippen LogP contribution in [0.25, 0.3) is 0 Å². The Morgan fingerprint density at radius 1 is 1.47 bits per heavy atom. The number of carbonyl (C=O) groups excluding carboxylic acids is 1. The Kier molecular flexibility index (Phi) is 5.37. The van der Waals surface area contributed by atoms with Crippen molar-refractivity contribution in [3.05, 3.63) is 17.0 Å². The Morgan fingerprint density at radius 3 is 2.58 bits per heavy atom. The van der Waals surface area contributed by atoms with Gasteiger partial charge in [-0.25, -0.2) is 13.2 Å². The van der Waals surface area contributed by atoms with Gasteiger partial charge in [-0.3, -0.25) is 0 Å². The summed E-state index contributed by atoms with van der Waals surface area (Å²) in [5, 5.41) is 1.40. The van der Waals surface area contributed by atoms with Gasteiger partial charge >= 0.3 is 5.97 Å². The van der Waals surface area contributed by atoms with Gasteiger partial charge in [0, 0.05) is 29.6 Å². The number of thiophene rings is 1. The minimum atomic E-state index is -3.80. The molecule has 0 fully saturated rings. The largest absolute Gasteiger partial charge is 0.462 e. The zero-order valence-corrected chi connectivity index (χ0v) is 13.2. The Bertz CT molecular complexity index is 547. The zero-order valence-electron chi connectivity index (χ0n) is 10.8. The Morgan fingerprint density at radius 2 is 2.11 bits per heavy atom. The summed E-state index contributed by atoms with van der Waals surface area (Å²) >= 11 is 0.883. The fourth-order valence-electron chi connectivity index (χ4n) is 1.13. The van der Waals surface area contributed by atoms with Crippen LogP contribution in [0.15, 0.2) is 15.7 Å². The predicted octanol–water partition coefficient (Wildman–Crippen LogP) is 2.65. The van der Waals surface area contributed by atoms with Crippen LogP contribution in [0.2, 0.25) is 0 Å². The quantitative estimate of drug-likeness (QED) is 0.593. The predicted molar refractivity (Wildman–Crippen MR) is 73.3 cm³/mol. The number of methoxy groups -OCH3 is 1. The average molecular weight is 327 g/mol. The molecular weight excluding hydrogens is 312 g/mol. The van der Waals surface area contributed by atoms with Crippen LogP contribution in [0.5, 0.6) is 0 Å². The van der Waals surface area contributed by atoms with E-state index in [9.17, 15) is 13.2 Å². The number of hydrogen-bond donors (Lipinski definition) is 0. The van der Waals surface area contributed by atoms with Gasteiger partial charge in [-0.05, 0) is 19.9 Å². The first-order valence-corrected chi connectivity index (χ1v) is 8.60. The van der Waals surface area contributed by atoms with Gasteiger partial charge in [0.25, 0.3) is 9.05 Å². The molecule has 0 aromatic carbocycles. The average Bonchev–Trinajstić information content (AvgIpc) is 2.77. The lowest BCUT2D eigenvalue weighted by Crippen LogP contribution is -2.25. The maximum atomic E-state index is 11.7. The van der Waals surface area contributed by atoms with Gasteiger partial charge in [-0.15, -0.1) is 11.3 Å². The van der Waals surface area contributed by atoms with Crippen molar-refractivity contribution < 1.29 is 22.7 Å². The van der Waals surface area contributed by atoms with Gasteiger partial charge in [0.15, 0.2) is 0 Å². The van der Waals surface area contributed by atoms with Crippen LogP contribution in [-0.4, -0.2) is 33.7 Å². The molecule has 19 heavy (non-hydrogen) atoms. The monoisotopic (exact) mass is 326 g/mol. The van der Waals surface area contributed by atoms with Gasteiger partial charge < -0.3 is 9.47 Å². The van der Waals surface area contributed by atoms with Crippen molar-refractivity contribution in [3.8, 4) is 0 Å². The summed E-state index contributed by atoms with van der Waals surface area (Å²) in [7, 11) is 2.95. The van der Waals surface area contributed by atoms with Gasteiger partial charge in [-0.1, -0.05) is 0 Å². The number of hydrogen-bond acceptors (Lipinski definition) is 6. The number of carbonyl (C=O) groups is 1. The first-order valence-electron chi connectivity index (χ1n) is 5.41. The lowest BCUT2D eigenvalue weighted by Gasteiger charge is -2.22. The second-order valence-electron chi connectivity index (χ2n) is 4.44. The maximum Gasteiger partial charge on any atom is 0.339 e. The number of ether oxygens (including phenoxy) is 2. The Balaban J connectivity index is 2.58. The fourth-order valence-corrected chi connectivity index (χ4v) is 3.06. The molecule has 0 unspecified atom stereocenters. The molecule has 0 atom stereocenters. The summed E-state index contributed by atoms with van der Waals surface area (Å²) in [5.74, 6) is -0.574. The van der Waals surface area contributed by atoms with Crippen molar-refractivity contribution in [2.45, 2.75) is 30.1 Å². The molecule has 1 heterocycles. The lowest BCUT2D eigenvalue weighted by atomic mass is 10.1. The fraction of sp³-hybridized carbons (Fsp3) is 0.545. The molecular formula is C11H15ClO5S2. The third-order valence-electron chi connectivity index (χ3n) is 2.54. The molecule has 0 saturated carbocycles. The van der Waals surface area contributed by atoms with Gasteiger partial charge in [0.1, 0.15) is 4.21 Å². The molecule has 108 valence electrons. The molecule has 0 bridgehead atoms. The number of halogens is 1. The van der Waals surface area contributed by atoms with Crippen molar-refractivity contribution in [3.63, 3.8) is 0 Å². The summed E-state index contributed by atoms with van der Waals surface area (Å²) in [6.45, 7) is 3.95. The molecule has 0 N–H and O–H groups in total. The van der Waals surface area contributed by atoms with Crippen LogP contribution < -0.4 is 0 Å². The van der Waals surface area contributed by atoms with Crippen LogP contribution in [0.1, 0.15) is 30.6 Å². The van der Waals surface area contributed by atoms with Crippen molar-refractivity contribution in [1.82, 2.24) is 0 Å². The summed E-state index contributed by atoms with van der Waals surface area (Å²) in [6, 6.07) is 1.21. The van der Waals surface area contributed by atoms with E-state index in [0.717, 1.165) is 11.3 Å². The maximum absolute atomic E-state index is 11.7. The van der Waals surface area contributed by atoms with Crippen LogP contribution in [0, 0.1) is 0 Å². The normalized spacial score (nSPS) is 12.4. The van der Waals surface area contributed by atoms with Crippen molar-refractivity contribution in [1.29, 1.82) is 0 Å². The van der Waals surface area contributed by atoms with E-state index >= 15 is 0 Å². The molecule has 1 aromatic heterocycles. The van der Waals surface area contributed by atoms with Gasteiger partial charge in [-0.2, -0.15) is 0 Å². The molecule has 0 saturated heterocycles. The highest BCUT2D eigenvalue weighted by atomic mass is 35.7. The van der Waals surface area contributed by atoms with E-state index in [1.807, 2.05) is 13.8 Å². The molecule has 0 aliphatic rings. The first-order chi connectivity index (χ1) is 8.65. The second kappa shape index (κ2) is 6.21. The Hall–Kier alpha value is -0.630. The highest BCUT2D eigenvalue weighted by Crippen LogP contribution is 2.24. The second-order valence-corrected chi connectivity index (χ2v) is 8.15. The summed E-state index contributed by atoms with van der Waals surface area (Å²) in [4.78, 5) is 11.7. The van der Waals surface area contributed by atoms with Crippen LogP contribution in [-0.2, 0) is 18.5 Å². The molecule has 0 aliphatic carbocycles. The van der Waals surface area contributed by atoms with Crippen LogP contribution >= 0.6 is 22.0 Å².